The normalized spacial score (nSPS) is 11.0. The monoisotopic (exact) mass is 676 g/mol. The molecule has 4 rings (SSSR count). The van der Waals surface area contributed by atoms with Crippen molar-refractivity contribution in [3.8, 4) is 28.7 Å². The zero-order chi connectivity index (χ0) is 34.5. The number of ether oxygens (including phenoxy) is 5. The Kier molecular flexibility index (Phi) is 12.2. The molecule has 0 bridgehead atoms. The summed E-state index contributed by atoms with van der Waals surface area (Å²) in [4.78, 5) is 25.1. The Hall–Kier alpha value is -5.76. The van der Waals surface area contributed by atoms with Crippen molar-refractivity contribution in [3.63, 3.8) is 0 Å². The lowest BCUT2D eigenvalue weighted by atomic mass is 10.2. The first kappa shape index (κ1) is 35.1. The summed E-state index contributed by atoms with van der Waals surface area (Å²) in [6.45, 7) is -0.412. The Labute approximate surface area is 279 Å². The van der Waals surface area contributed by atoms with Crippen molar-refractivity contribution in [2.75, 3.05) is 45.9 Å². The van der Waals surface area contributed by atoms with Gasteiger partial charge < -0.3 is 29.0 Å². The molecule has 2 N–H and O–H groups in total. The SMILES string of the molecule is COc1ccc(OC)c(N(CC(=O)N/N=C\c2ccc(OCC(=O)NCc3ccccc3)cc2)S(=O)(=O)c2ccc(OC)c(OC)c2)c1. The number of hydrazone groups is 1. The Balaban J connectivity index is 1.44. The molecule has 0 saturated heterocycles. The lowest BCUT2D eigenvalue weighted by Gasteiger charge is -2.26. The van der Waals surface area contributed by atoms with E-state index in [1.54, 1.807) is 30.3 Å². The molecule has 0 atom stereocenters. The summed E-state index contributed by atoms with van der Waals surface area (Å²) in [5.41, 5.74) is 4.02. The lowest BCUT2D eigenvalue weighted by molar-refractivity contribution is -0.123. The van der Waals surface area contributed by atoms with Gasteiger partial charge in [-0.2, -0.15) is 5.10 Å². The highest BCUT2D eigenvalue weighted by molar-refractivity contribution is 7.92. The predicted molar refractivity (Wildman–Crippen MR) is 180 cm³/mol. The second-order valence-corrected chi connectivity index (χ2v) is 11.8. The maximum atomic E-state index is 14.0. The number of amides is 2. The quantitative estimate of drug-likeness (QED) is 0.133. The van der Waals surface area contributed by atoms with E-state index >= 15 is 0 Å². The Morgan fingerprint density at radius 2 is 1.42 bits per heavy atom. The van der Waals surface area contributed by atoms with Crippen LogP contribution in [0.1, 0.15) is 11.1 Å². The van der Waals surface area contributed by atoms with Crippen LogP contribution in [0.4, 0.5) is 5.69 Å². The Morgan fingerprint density at radius 1 is 0.750 bits per heavy atom. The van der Waals surface area contributed by atoms with Crippen LogP contribution in [0.5, 0.6) is 28.7 Å². The molecule has 0 heterocycles. The highest BCUT2D eigenvalue weighted by Crippen LogP contribution is 2.37. The molecule has 252 valence electrons. The van der Waals surface area contributed by atoms with Gasteiger partial charge in [0.25, 0.3) is 21.8 Å². The van der Waals surface area contributed by atoms with Gasteiger partial charge in [-0.25, -0.2) is 13.8 Å². The van der Waals surface area contributed by atoms with E-state index in [1.807, 2.05) is 30.3 Å². The molecule has 0 unspecified atom stereocenters. The van der Waals surface area contributed by atoms with Gasteiger partial charge in [0, 0.05) is 18.7 Å². The fourth-order valence-corrected chi connectivity index (χ4v) is 5.83. The fraction of sp³-hybridized carbons (Fsp3) is 0.206. The van der Waals surface area contributed by atoms with Crippen LogP contribution in [0, 0.1) is 0 Å². The number of rotatable bonds is 16. The van der Waals surface area contributed by atoms with E-state index in [4.69, 9.17) is 23.7 Å². The highest BCUT2D eigenvalue weighted by atomic mass is 32.2. The van der Waals surface area contributed by atoms with Crippen LogP contribution in [-0.2, 0) is 26.2 Å². The number of nitrogens with zero attached hydrogens (tertiary/aromatic N) is 2. The third-order valence-corrected chi connectivity index (χ3v) is 8.63. The molecule has 0 aliphatic rings. The number of anilines is 1. The van der Waals surface area contributed by atoms with Gasteiger partial charge in [-0.1, -0.05) is 30.3 Å². The molecular formula is C34H36N4O9S. The maximum absolute atomic E-state index is 14.0. The van der Waals surface area contributed by atoms with E-state index in [0.717, 1.165) is 9.87 Å². The van der Waals surface area contributed by atoms with Crippen LogP contribution in [0.2, 0.25) is 0 Å². The summed E-state index contributed by atoms with van der Waals surface area (Å²) in [7, 11) is 1.26. The second-order valence-electron chi connectivity index (χ2n) is 9.98. The van der Waals surface area contributed by atoms with Crippen molar-refractivity contribution in [1.29, 1.82) is 0 Å². The fourth-order valence-electron chi connectivity index (χ4n) is 4.39. The van der Waals surface area contributed by atoms with Gasteiger partial charge in [0.2, 0.25) is 0 Å². The lowest BCUT2D eigenvalue weighted by Crippen LogP contribution is -2.39. The third-order valence-electron chi connectivity index (χ3n) is 6.87. The number of carbonyl (C=O) groups excluding carboxylic acids is 2. The molecule has 0 spiro atoms. The molecule has 4 aromatic carbocycles. The highest BCUT2D eigenvalue weighted by Gasteiger charge is 2.31. The molecule has 4 aromatic rings. The van der Waals surface area contributed by atoms with Crippen LogP contribution in [0.15, 0.2) is 101 Å². The first-order chi connectivity index (χ1) is 23.2. The zero-order valence-electron chi connectivity index (χ0n) is 26.8. The minimum Gasteiger partial charge on any atom is -0.497 e. The molecule has 2 amide bonds. The van der Waals surface area contributed by atoms with Crippen molar-refractivity contribution in [3.05, 3.63) is 102 Å². The summed E-state index contributed by atoms with van der Waals surface area (Å²) in [6, 6.07) is 24.9. The van der Waals surface area contributed by atoms with Crippen molar-refractivity contribution in [2.45, 2.75) is 11.4 Å². The first-order valence-electron chi connectivity index (χ1n) is 14.5. The topological polar surface area (TPSA) is 154 Å². The maximum Gasteiger partial charge on any atom is 0.265 e. The van der Waals surface area contributed by atoms with Crippen molar-refractivity contribution < 1.29 is 41.7 Å². The van der Waals surface area contributed by atoms with Crippen molar-refractivity contribution in [1.82, 2.24) is 10.7 Å². The number of hydrogen-bond acceptors (Lipinski definition) is 10. The van der Waals surface area contributed by atoms with Gasteiger partial charge in [-0.05, 0) is 59.7 Å². The van der Waals surface area contributed by atoms with E-state index in [0.29, 0.717) is 29.4 Å². The van der Waals surface area contributed by atoms with E-state index in [1.165, 1.54) is 65.0 Å². The van der Waals surface area contributed by atoms with Gasteiger partial charge in [0.05, 0.1) is 45.2 Å². The summed E-state index contributed by atoms with van der Waals surface area (Å²) >= 11 is 0. The molecule has 0 aromatic heterocycles. The summed E-state index contributed by atoms with van der Waals surface area (Å²) in [5.74, 6) is 0.520. The molecule has 0 aliphatic heterocycles. The Bertz CT molecular complexity index is 1830. The number of hydrogen-bond donors (Lipinski definition) is 2. The summed E-state index contributed by atoms with van der Waals surface area (Å²) in [5, 5.41) is 6.78. The van der Waals surface area contributed by atoms with Crippen molar-refractivity contribution >= 4 is 33.7 Å². The van der Waals surface area contributed by atoms with Crippen LogP contribution < -0.4 is 38.7 Å². The van der Waals surface area contributed by atoms with Gasteiger partial charge >= 0.3 is 0 Å². The van der Waals surface area contributed by atoms with E-state index < -0.39 is 22.5 Å². The largest absolute Gasteiger partial charge is 0.497 e. The minimum atomic E-state index is -4.37. The molecule has 13 nitrogen and oxygen atoms in total. The second kappa shape index (κ2) is 16.7. The van der Waals surface area contributed by atoms with E-state index in [2.05, 4.69) is 15.8 Å². The third kappa shape index (κ3) is 9.16. The van der Waals surface area contributed by atoms with Gasteiger partial charge in [0.15, 0.2) is 18.1 Å². The van der Waals surface area contributed by atoms with Crippen LogP contribution >= 0.6 is 0 Å². The number of benzene rings is 4. The molecule has 14 heteroatoms. The van der Waals surface area contributed by atoms with Gasteiger partial charge in [0.1, 0.15) is 23.8 Å². The minimum absolute atomic E-state index is 0.0649. The molecule has 0 fully saturated rings. The Morgan fingerprint density at radius 3 is 2.08 bits per heavy atom. The van der Waals surface area contributed by atoms with E-state index in [9.17, 15) is 18.0 Å². The summed E-state index contributed by atoms with van der Waals surface area (Å²) < 4.78 is 55.7. The molecule has 0 radical (unpaired) electrons. The van der Waals surface area contributed by atoms with Crippen molar-refractivity contribution in [2.24, 2.45) is 5.10 Å². The molecular weight excluding hydrogens is 640 g/mol. The van der Waals surface area contributed by atoms with Gasteiger partial charge in [-0.3, -0.25) is 13.9 Å². The number of sulfonamides is 1. The average molecular weight is 677 g/mol. The predicted octanol–water partition coefficient (Wildman–Crippen LogP) is 3.76. The number of carbonyl (C=O) groups is 2. The molecule has 0 aliphatic carbocycles. The van der Waals surface area contributed by atoms with Crippen LogP contribution in [0.25, 0.3) is 0 Å². The molecule has 48 heavy (non-hydrogen) atoms. The van der Waals surface area contributed by atoms with Crippen LogP contribution in [-0.4, -0.2) is 68.0 Å². The molecule has 0 saturated carbocycles. The van der Waals surface area contributed by atoms with E-state index in [-0.39, 0.29) is 34.6 Å². The standard InChI is InChI=1S/C34H36N4O9S/c1-43-27-14-16-30(44-2)29(18-27)38(48(41,42)28-15-17-31(45-3)32(19-28)46-4)22-33(39)37-36-21-25-10-12-26(13-11-25)47-23-34(40)35-20-24-8-6-5-7-9-24/h5-19,21H,20,22-23H2,1-4H3,(H,35,40)(H,37,39)/b36-21-. The smallest absolute Gasteiger partial charge is 0.265 e. The summed E-state index contributed by atoms with van der Waals surface area (Å²) in [6.07, 6.45) is 1.38. The average Bonchev–Trinajstić information content (AvgIpc) is 3.12. The zero-order valence-corrected chi connectivity index (χ0v) is 27.7. The van der Waals surface area contributed by atoms with Crippen LogP contribution in [0.3, 0.4) is 0 Å². The number of nitrogens with one attached hydrogen (secondary N) is 2. The van der Waals surface area contributed by atoms with Gasteiger partial charge in [-0.15, -0.1) is 0 Å². The first-order valence-corrected chi connectivity index (χ1v) is 15.9. The number of methoxy groups -OCH3 is 4.